The Morgan fingerprint density at radius 2 is 2.04 bits per heavy atom. The molecule has 0 spiro atoms. The molecular formula is C18H16N2O4. The highest BCUT2D eigenvalue weighted by molar-refractivity contribution is 6.01. The van der Waals surface area contributed by atoms with Gasteiger partial charge in [0.2, 0.25) is 0 Å². The van der Waals surface area contributed by atoms with Crippen molar-refractivity contribution in [3.05, 3.63) is 59.4 Å². The molecule has 122 valence electrons. The summed E-state index contributed by atoms with van der Waals surface area (Å²) in [5.74, 6) is 0.351. The number of para-hydroxylation sites is 1. The standard InChI is InChI=1S/C18H16N2O4/c1-11-16-13(21)7-5-9-15(16)24-17(11)18(22)20-19-10-12-6-3-4-8-14(12)23-2/h3-10,21H,1-2H3,(H,20,22)/b19-10+. The first-order chi connectivity index (χ1) is 11.6. The summed E-state index contributed by atoms with van der Waals surface area (Å²) in [6, 6.07) is 12.2. The molecule has 0 aliphatic heterocycles. The van der Waals surface area contributed by atoms with Crippen LogP contribution in [0.2, 0.25) is 0 Å². The van der Waals surface area contributed by atoms with Crippen molar-refractivity contribution in [1.82, 2.24) is 5.43 Å². The Bertz CT molecular complexity index is 928. The molecule has 1 amide bonds. The van der Waals surface area contributed by atoms with Gasteiger partial charge in [-0.05, 0) is 31.2 Å². The van der Waals surface area contributed by atoms with Gasteiger partial charge in [0.05, 0.1) is 18.7 Å². The van der Waals surface area contributed by atoms with E-state index < -0.39 is 5.91 Å². The average Bonchev–Trinajstić information content (AvgIpc) is 2.93. The van der Waals surface area contributed by atoms with E-state index in [0.717, 1.165) is 5.56 Å². The number of hydrazone groups is 1. The van der Waals surface area contributed by atoms with E-state index in [9.17, 15) is 9.90 Å². The van der Waals surface area contributed by atoms with Crippen molar-refractivity contribution in [2.45, 2.75) is 6.92 Å². The van der Waals surface area contributed by atoms with Crippen molar-refractivity contribution >= 4 is 23.1 Å². The smallest absolute Gasteiger partial charge is 0.307 e. The fourth-order valence-electron chi connectivity index (χ4n) is 2.48. The maximum absolute atomic E-state index is 12.3. The average molecular weight is 324 g/mol. The number of rotatable bonds is 4. The number of amides is 1. The van der Waals surface area contributed by atoms with Crippen molar-refractivity contribution < 1.29 is 19.1 Å². The Morgan fingerprint density at radius 3 is 2.79 bits per heavy atom. The quantitative estimate of drug-likeness (QED) is 0.570. The zero-order valence-corrected chi connectivity index (χ0v) is 13.2. The van der Waals surface area contributed by atoms with Gasteiger partial charge in [0.1, 0.15) is 17.1 Å². The molecule has 0 radical (unpaired) electrons. The first kappa shape index (κ1) is 15.6. The number of phenolic OH excluding ortho intramolecular Hbond substituents is 1. The number of nitrogens with zero attached hydrogens (tertiary/aromatic N) is 1. The van der Waals surface area contributed by atoms with Crippen LogP contribution in [0.4, 0.5) is 0 Å². The van der Waals surface area contributed by atoms with Crippen LogP contribution >= 0.6 is 0 Å². The molecule has 2 N–H and O–H groups in total. The van der Waals surface area contributed by atoms with E-state index >= 15 is 0 Å². The third-order valence-corrected chi connectivity index (χ3v) is 3.65. The fourth-order valence-corrected chi connectivity index (χ4v) is 2.48. The van der Waals surface area contributed by atoms with Gasteiger partial charge in [-0.25, -0.2) is 5.43 Å². The summed E-state index contributed by atoms with van der Waals surface area (Å²) in [5, 5.41) is 14.4. The van der Waals surface area contributed by atoms with Crippen LogP contribution in [0, 0.1) is 6.92 Å². The van der Waals surface area contributed by atoms with Gasteiger partial charge < -0.3 is 14.3 Å². The Hall–Kier alpha value is -3.28. The zero-order valence-electron chi connectivity index (χ0n) is 13.2. The van der Waals surface area contributed by atoms with Crippen molar-refractivity contribution in [3.8, 4) is 11.5 Å². The van der Waals surface area contributed by atoms with E-state index in [-0.39, 0.29) is 11.5 Å². The number of fused-ring (bicyclic) bond motifs is 1. The molecule has 0 atom stereocenters. The Morgan fingerprint density at radius 1 is 1.25 bits per heavy atom. The number of methoxy groups -OCH3 is 1. The van der Waals surface area contributed by atoms with Crippen LogP contribution in [0.25, 0.3) is 11.0 Å². The van der Waals surface area contributed by atoms with Gasteiger partial charge in [-0.1, -0.05) is 18.2 Å². The fraction of sp³-hybridized carbons (Fsp3) is 0.111. The number of hydrogen-bond acceptors (Lipinski definition) is 5. The van der Waals surface area contributed by atoms with E-state index in [2.05, 4.69) is 10.5 Å². The van der Waals surface area contributed by atoms with E-state index in [0.29, 0.717) is 22.3 Å². The molecule has 2 aromatic carbocycles. The van der Waals surface area contributed by atoms with E-state index in [1.54, 1.807) is 38.3 Å². The molecule has 0 fully saturated rings. The monoisotopic (exact) mass is 324 g/mol. The molecule has 6 nitrogen and oxygen atoms in total. The highest BCUT2D eigenvalue weighted by Crippen LogP contribution is 2.32. The lowest BCUT2D eigenvalue weighted by Gasteiger charge is -2.03. The van der Waals surface area contributed by atoms with Gasteiger partial charge >= 0.3 is 5.91 Å². The Kier molecular flexibility index (Phi) is 4.20. The molecular weight excluding hydrogens is 308 g/mol. The largest absolute Gasteiger partial charge is 0.507 e. The highest BCUT2D eigenvalue weighted by Gasteiger charge is 2.19. The predicted octanol–water partition coefficient (Wildman–Crippen LogP) is 3.22. The van der Waals surface area contributed by atoms with Crippen molar-refractivity contribution in [2.75, 3.05) is 7.11 Å². The maximum atomic E-state index is 12.3. The summed E-state index contributed by atoms with van der Waals surface area (Å²) >= 11 is 0. The van der Waals surface area contributed by atoms with Crippen LogP contribution in [0.5, 0.6) is 11.5 Å². The predicted molar refractivity (Wildman–Crippen MR) is 90.7 cm³/mol. The van der Waals surface area contributed by atoms with Crippen molar-refractivity contribution in [1.29, 1.82) is 0 Å². The summed E-state index contributed by atoms with van der Waals surface area (Å²) in [7, 11) is 1.56. The van der Waals surface area contributed by atoms with Gasteiger partial charge in [0.25, 0.3) is 0 Å². The van der Waals surface area contributed by atoms with Crippen LogP contribution in [0.3, 0.4) is 0 Å². The first-order valence-corrected chi connectivity index (χ1v) is 7.29. The highest BCUT2D eigenvalue weighted by atomic mass is 16.5. The molecule has 0 saturated heterocycles. The number of nitrogens with one attached hydrogen (secondary N) is 1. The number of benzene rings is 2. The molecule has 0 unspecified atom stereocenters. The molecule has 0 aliphatic carbocycles. The lowest BCUT2D eigenvalue weighted by Crippen LogP contribution is -2.17. The molecule has 6 heteroatoms. The minimum absolute atomic E-state index is 0.0744. The molecule has 3 rings (SSSR count). The van der Waals surface area contributed by atoms with Gasteiger partial charge in [-0.3, -0.25) is 4.79 Å². The zero-order chi connectivity index (χ0) is 17.1. The lowest BCUT2D eigenvalue weighted by atomic mass is 10.1. The van der Waals surface area contributed by atoms with Gasteiger partial charge in [-0.2, -0.15) is 5.10 Å². The van der Waals surface area contributed by atoms with Crippen LogP contribution in [-0.2, 0) is 0 Å². The second kappa shape index (κ2) is 6.45. The number of hydrogen-bond donors (Lipinski definition) is 2. The number of carbonyl (C=O) groups excluding carboxylic acids is 1. The minimum atomic E-state index is -0.491. The Balaban J connectivity index is 1.82. The van der Waals surface area contributed by atoms with Crippen LogP contribution in [0.15, 0.2) is 52.0 Å². The number of carbonyl (C=O) groups is 1. The van der Waals surface area contributed by atoms with Gasteiger partial charge in [-0.15, -0.1) is 0 Å². The SMILES string of the molecule is COc1ccccc1/C=N/NC(=O)c1oc2cccc(O)c2c1C. The topological polar surface area (TPSA) is 84.1 Å². The maximum Gasteiger partial charge on any atom is 0.307 e. The second-order valence-corrected chi connectivity index (χ2v) is 5.15. The number of aryl methyl sites for hydroxylation is 1. The molecule has 0 bridgehead atoms. The summed E-state index contributed by atoms with van der Waals surface area (Å²) < 4.78 is 10.7. The summed E-state index contributed by atoms with van der Waals surface area (Å²) in [6.45, 7) is 1.71. The lowest BCUT2D eigenvalue weighted by molar-refractivity contribution is 0.0929. The minimum Gasteiger partial charge on any atom is -0.507 e. The molecule has 0 aliphatic rings. The first-order valence-electron chi connectivity index (χ1n) is 7.29. The van der Waals surface area contributed by atoms with Crippen LogP contribution in [0.1, 0.15) is 21.7 Å². The summed E-state index contributed by atoms with van der Waals surface area (Å²) in [4.78, 5) is 12.3. The molecule has 1 heterocycles. The van der Waals surface area contributed by atoms with Gasteiger partial charge in [0, 0.05) is 11.1 Å². The third kappa shape index (κ3) is 2.81. The van der Waals surface area contributed by atoms with Crippen LogP contribution in [-0.4, -0.2) is 24.3 Å². The Labute approximate surface area is 138 Å². The normalized spacial score (nSPS) is 11.1. The number of furan rings is 1. The summed E-state index contributed by atoms with van der Waals surface area (Å²) in [5.41, 5.74) is 4.17. The molecule has 3 aromatic rings. The van der Waals surface area contributed by atoms with Gasteiger partial charge in [0.15, 0.2) is 5.76 Å². The number of phenols is 1. The molecule has 1 aromatic heterocycles. The van der Waals surface area contributed by atoms with E-state index in [1.165, 1.54) is 6.21 Å². The summed E-state index contributed by atoms with van der Waals surface area (Å²) in [6.07, 6.45) is 1.49. The van der Waals surface area contributed by atoms with Crippen LogP contribution < -0.4 is 10.2 Å². The number of aromatic hydroxyl groups is 1. The van der Waals surface area contributed by atoms with Crippen molar-refractivity contribution in [3.63, 3.8) is 0 Å². The van der Waals surface area contributed by atoms with Crippen molar-refractivity contribution in [2.24, 2.45) is 5.10 Å². The third-order valence-electron chi connectivity index (χ3n) is 3.65. The molecule has 24 heavy (non-hydrogen) atoms. The van der Waals surface area contributed by atoms with E-state index in [1.807, 2.05) is 18.2 Å². The second-order valence-electron chi connectivity index (χ2n) is 5.15. The molecule has 0 saturated carbocycles. The van der Waals surface area contributed by atoms with E-state index in [4.69, 9.17) is 9.15 Å². The number of ether oxygens (including phenoxy) is 1.